The van der Waals surface area contributed by atoms with E-state index in [1.54, 1.807) is 12.1 Å². The van der Waals surface area contributed by atoms with Gasteiger partial charge in [0.05, 0.1) is 29.5 Å². The van der Waals surface area contributed by atoms with Crippen molar-refractivity contribution in [3.63, 3.8) is 0 Å². The van der Waals surface area contributed by atoms with Crippen LogP contribution in [-0.4, -0.2) is 35.4 Å². The van der Waals surface area contributed by atoms with Crippen molar-refractivity contribution in [1.82, 2.24) is 15.5 Å². The van der Waals surface area contributed by atoms with Crippen molar-refractivity contribution in [2.45, 2.75) is 32.5 Å². The highest BCUT2D eigenvalue weighted by Gasteiger charge is 2.29. The van der Waals surface area contributed by atoms with Crippen LogP contribution in [-0.2, 0) is 11.2 Å². The number of ether oxygens (including phenoxy) is 2. The van der Waals surface area contributed by atoms with Crippen LogP contribution in [0.25, 0.3) is 0 Å². The lowest BCUT2D eigenvalue weighted by Gasteiger charge is -2.25. The molecule has 2 atom stereocenters. The van der Waals surface area contributed by atoms with Gasteiger partial charge in [0, 0.05) is 12.0 Å². The fourth-order valence-electron chi connectivity index (χ4n) is 2.83. The molecule has 0 fully saturated rings. The fourth-order valence-corrected chi connectivity index (χ4v) is 3.02. The number of rotatable bonds is 5. The van der Waals surface area contributed by atoms with Crippen LogP contribution in [0, 0.1) is 0 Å². The number of H-pyrrole nitrogens is 1. The quantitative estimate of drug-likeness (QED) is 0.814. The van der Waals surface area contributed by atoms with Gasteiger partial charge in [-0.3, -0.25) is 9.89 Å². The van der Waals surface area contributed by atoms with Crippen molar-refractivity contribution in [3.8, 4) is 5.75 Å². The van der Waals surface area contributed by atoms with Gasteiger partial charge in [0.1, 0.15) is 12.4 Å². The zero-order valence-corrected chi connectivity index (χ0v) is 14.4. The Morgan fingerprint density at radius 2 is 2.25 bits per heavy atom. The first kappa shape index (κ1) is 16.8. The molecule has 0 radical (unpaired) electrons. The highest BCUT2D eigenvalue weighted by molar-refractivity contribution is 6.32. The van der Waals surface area contributed by atoms with E-state index in [-0.39, 0.29) is 18.1 Å². The van der Waals surface area contributed by atoms with E-state index >= 15 is 0 Å². The molecule has 7 heteroatoms. The smallest absolute Gasteiger partial charge is 0.272 e. The number of amides is 1. The first-order valence-electron chi connectivity index (χ1n) is 7.94. The summed E-state index contributed by atoms with van der Waals surface area (Å²) in [4.78, 5) is 12.4. The third kappa shape index (κ3) is 3.55. The van der Waals surface area contributed by atoms with E-state index in [0.717, 1.165) is 11.3 Å². The molecule has 0 unspecified atom stereocenters. The molecule has 24 heavy (non-hydrogen) atoms. The summed E-state index contributed by atoms with van der Waals surface area (Å²) >= 11 is 6.02. The molecule has 2 N–H and O–H groups in total. The Hall–Kier alpha value is -2.05. The molecule has 1 aromatic carbocycles. The molecular weight excluding hydrogens is 330 g/mol. The third-order valence-electron chi connectivity index (χ3n) is 3.93. The number of aromatic nitrogens is 2. The van der Waals surface area contributed by atoms with E-state index < -0.39 is 0 Å². The van der Waals surface area contributed by atoms with Crippen LogP contribution in [0.4, 0.5) is 0 Å². The molecule has 128 valence electrons. The minimum absolute atomic E-state index is 0.0696. The van der Waals surface area contributed by atoms with E-state index in [9.17, 15) is 4.79 Å². The molecule has 2 aromatic rings. The van der Waals surface area contributed by atoms with Crippen LogP contribution >= 0.6 is 11.6 Å². The van der Waals surface area contributed by atoms with Gasteiger partial charge in [-0.1, -0.05) is 23.7 Å². The minimum atomic E-state index is -0.212. The lowest BCUT2D eigenvalue weighted by molar-refractivity contribution is -0.00697. The van der Waals surface area contributed by atoms with E-state index in [1.807, 2.05) is 26.0 Å². The van der Waals surface area contributed by atoms with Gasteiger partial charge in [0.2, 0.25) is 0 Å². The standard InChI is InChI=1S/C17H20ClN3O3/c1-10-9-12-15(11(2)24-10)20-21-16(12)17(22)19-7-8-23-14-6-4-3-5-13(14)18/h3-6,10-11H,7-9H2,1-2H3,(H,19,22)(H,20,21)/t10-,11+/m1/s1. The second-order valence-corrected chi connectivity index (χ2v) is 6.20. The SMILES string of the molecule is C[C@@H]1Cc2c(C(=O)NCCOc3ccccc3Cl)n[nH]c2[C@H](C)O1. The highest BCUT2D eigenvalue weighted by atomic mass is 35.5. The number of para-hydroxylation sites is 1. The maximum atomic E-state index is 12.4. The summed E-state index contributed by atoms with van der Waals surface area (Å²) in [7, 11) is 0. The number of nitrogens with zero attached hydrogens (tertiary/aromatic N) is 1. The predicted octanol–water partition coefficient (Wildman–Crippen LogP) is 2.89. The van der Waals surface area contributed by atoms with Crippen LogP contribution in [0.15, 0.2) is 24.3 Å². The molecule has 1 aliphatic rings. The van der Waals surface area contributed by atoms with E-state index in [2.05, 4.69) is 15.5 Å². The van der Waals surface area contributed by atoms with Crippen LogP contribution in [0.1, 0.15) is 41.7 Å². The fraction of sp³-hybridized carbons (Fsp3) is 0.412. The lowest BCUT2D eigenvalue weighted by Crippen LogP contribution is -2.30. The van der Waals surface area contributed by atoms with E-state index in [0.29, 0.717) is 36.0 Å². The molecule has 6 nitrogen and oxygen atoms in total. The van der Waals surface area contributed by atoms with E-state index in [4.69, 9.17) is 21.1 Å². The topological polar surface area (TPSA) is 76.2 Å². The zero-order chi connectivity index (χ0) is 17.1. The number of aromatic amines is 1. The molecule has 1 aliphatic heterocycles. The second-order valence-electron chi connectivity index (χ2n) is 5.79. The Balaban J connectivity index is 1.56. The number of hydrogen-bond acceptors (Lipinski definition) is 4. The molecule has 0 bridgehead atoms. The number of carbonyl (C=O) groups excluding carboxylic acids is 1. The average molecular weight is 350 g/mol. The van der Waals surface area contributed by atoms with Crippen molar-refractivity contribution < 1.29 is 14.3 Å². The minimum Gasteiger partial charge on any atom is -0.490 e. The Bertz CT molecular complexity index is 732. The molecular formula is C17H20ClN3O3. The maximum absolute atomic E-state index is 12.4. The summed E-state index contributed by atoms with van der Waals surface area (Å²) in [6.07, 6.45) is 0.663. The van der Waals surface area contributed by atoms with Gasteiger partial charge in [-0.2, -0.15) is 5.10 Å². The van der Waals surface area contributed by atoms with Gasteiger partial charge in [-0.25, -0.2) is 0 Å². The molecule has 0 saturated carbocycles. The summed E-state index contributed by atoms with van der Waals surface area (Å²) in [5.74, 6) is 0.391. The molecule has 0 spiro atoms. The van der Waals surface area contributed by atoms with E-state index in [1.165, 1.54) is 0 Å². The first-order chi connectivity index (χ1) is 11.6. The second kappa shape index (κ2) is 7.23. The number of fused-ring (bicyclic) bond motifs is 1. The van der Waals surface area contributed by atoms with Crippen molar-refractivity contribution >= 4 is 17.5 Å². The molecule has 1 aromatic heterocycles. The monoisotopic (exact) mass is 349 g/mol. The number of halogens is 1. The van der Waals surface area contributed by atoms with Crippen molar-refractivity contribution in [1.29, 1.82) is 0 Å². The Labute approximate surface area is 145 Å². The normalized spacial score (nSPS) is 19.6. The van der Waals surface area contributed by atoms with Crippen LogP contribution < -0.4 is 10.1 Å². The summed E-state index contributed by atoms with van der Waals surface area (Å²) in [6.45, 7) is 4.64. The zero-order valence-electron chi connectivity index (χ0n) is 13.6. The van der Waals surface area contributed by atoms with Crippen molar-refractivity contribution in [2.75, 3.05) is 13.2 Å². The molecule has 2 heterocycles. The first-order valence-corrected chi connectivity index (χ1v) is 8.32. The summed E-state index contributed by atoms with van der Waals surface area (Å²) in [5.41, 5.74) is 2.25. The number of benzene rings is 1. The van der Waals surface area contributed by atoms with Gasteiger partial charge in [-0.15, -0.1) is 0 Å². The largest absolute Gasteiger partial charge is 0.490 e. The summed E-state index contributed by atoms with van der Waals surface area (Å²) in [5, 5.41) is 10.4. The Kier molecular flexibility index (Phi) is 5.06. The predicted molar refractivity (Wildman–Crippen MR) is 90.5 cm³/mol. The Morgan fingerprint density at radius 1 is 1.46 bits per heavy atom. The number of nitrogens with one attached hydrogen (secondary N) is 2. The number of carbonyl (C=O) groups is 1. The van der Waals surface area contributed by atoms with Gasteiger partial charge >= 0.3 is 0 Å². The van der Waals surface area contributed by atoms with Gasteiger partial charge < -0.3 is 14.8 Å². The molecule has 0 aliphatic carbocycles. The Morgan fingerprint density at radius 3 is 3.04 bits per heavy atom. The molecule has 0 saturated heterocycles. The van der Waals surface area contributed by atoms with Crippen LogP contribution in [0.2, 0.25) is 5.02 Å². The number of hydrogen-bond donors (Lipinski definition) is 2. The third-order valence-corrected chi connectivity index (χ3v) is 4.24. The molecule has 3 rings (SSSR count). The highest BCUT2D eigenvalue weighted by Crippen LogP contribution is 2.30. The maximum Gasteiger partial charge on any atom is 0.272 e. The summed E-state index contributed by atoms with van der Waals surface area (Å²) < 4.78 is 11.3. The van der Waals surface area contributed by atoms with Crippen LogP contribution in [0.5, 0.6) is 5.75 Å². The van der Waals surface area contributed by atoms with Crippen molar-refractivity contribution in [2.24, 2.45) is 0 Å². The lowest BCUT2D eigenvalue weighted by atomic mass is 9.99. The van der Waals surface area contributed by atoms with Gasteiger partial charge in [0.25, 0.3) is 5.91 Å². The van der Waals surface area contributed by atoms with Crippen LogP contribution in [0.3, 0.4) is 0 Å². The van der Waals surface area contributed by atoms with Gasteiger partial charge in [-0.05, 0) is 26.0 Å². The van der Waals surface area contributed by atoms with Gasteiger partial charge in [0.15, 0.2) is 5.69 Å². The average Bonchev–Trinajstić information content (AvgIpc) is 2.97. The summed E-state index contributed by atoms with van der Waals surface area (Å²) in [6, 6.07) is 7.23. The molecule has 1 amide bonds. The van der Waals surface area contributed by atoms with Crippen molar-refractivity contribution in [3.05, 3.63) is 46.2 Å².